The first-order valence-corrected chi connectivity index (χ1v) is 9.23. The fraction of sp³-hybridized carbons (Fsp3) is 0.238. The lowest BCUT2D eigenvalue weighted by Crippen LogP contribution is -2.33. The van der Waals surface area contributed by atoms with Crippen LogP contribution in [-0.2, 0) is 13.0 Å². The highest BCUT2D eigenvalue weighted by molar-refractivity contribution is 5.59. The summed E-state index contributed by atoms with van der Waals surface area (Å²) in [6.45, 7) is 5.30. The third-order valence-corrected chi connectivity index (χ3v) is 5.09. The summed E-state index contributed by atoms with van der Waals surface area (Å²) in [6.07, 6.45) is 4.35. The zero-order chi connectivity index (χ0) is 19.3. The number of furan rings is 1. The summed E-state index contributed by atoms with van der Waals surface area (Å²) in [5.74, 6) is 1.61. The number of fused-ring (bicyclic) bond motifs is 2. The molecular formula is C21H19N5O2. The highest BCUT2D eigenvalue weighted by atomic mass is 16.3. The standard InChI is InChI=1S/C21H19N5O2/c1-13-8-19-23-14(2)9-20(27)26(19)24-21(13)25-6-5-17-16(12-25)10-15(11-22-17)18-4-3-7-28-18/h3-4,7-11H,5-6,12H2,1-2H3. The van der Waals surface area contributed by atoms with Crippen molar-refractivity contribution in [1.82, 2.24) is 19.6 Å². The van der Waals surface area contributed by atoms with Crippen molar-refractivity contribution < 1.29 is 4.42 Å². The average Bonchev–Trinajstić information content (AvgIpc) is 3.21. The van der Waals surface area contributed by atoms with Gasteiger partial charge in [-0.25, -0.2) is 4.98 Å². The molecule has 0 bridgehead atoms. The normalized spacial score (nSPS) is 13.7. The molecule has 5 rings (SSSR count). The predicted molar refractivity (Wildman–Crippen MR) is 105 cm³/mol. The van der Waals surface area contributed by atoms with Crippen LogP contribution in [0.4, 0.5) is 5.82 Å². The van der Waals surface area contributed by atoms with Gasteiger partial charge in [0.15, 0.2) is 11.5 Å². The van der Waals surface area contributed by atoms with Gasteiger partial charge in [0, 0.05) is 48.7 Å². The molecule has 28 heavy (non-hydrogen) atoms. The van der Waals surface area contributed by atoms with Crippen LogP contribution in [0.3, 0.4) is 0 Å². The van der Waals surface area contributed by atoms with Crippen molar-refractivity contribution in [1.29, 1.82) is 0 Å². The topological polar surface area (TPSA) is 76.5 Å². The van der Waals surface area contributed by atoms with E-state index < -0.39 is 0 Å². The predicted octanol–water partition coefficient (Wildman–Crippen LogP) is 2.92. The molecule has 1 aliphatic heterocycles. The third kappa shape index (κ3) is 2.76. The number of hydrogen-bond donors (Lipinski definition) is 0. The van der Waals surface area contributed by atoms with Crippen LogP contribution in [0, 0.1) is 13.8 Å². The molecule has 0 fully saturated rings. The van der Waals surface area contributed by atoms with E-state index in [1.165, 1.54) is 10.6 Å². The molecule has 0 radical (unpaired) electrons. The summed E-state index contributed by atoms with van der Waals surface area (Å²) in [5, 5.41) is 4.61. The minimum absolute atomic E-state index is 0.164. The summed E-state index contributed by atoms with van der Waals surface area (Å²) >= 11 is 0. The van der Waals surface area contributed by atoms with Gasteiger partial charge in [0.05, 0.1) is 6.26 Å². The Labute approximate surface area is 161 Å². The Hall–Kier alpha value is -3.48. The van der Waals surface area contributed by atoms with Crippen molar-refractivity contribution in [3.63, 3.8) is 0 Å². The van der Waals surface area contributed by atoms with Crippen LogP contribution in [0.5, 0.6) is 0 Å². The molecule has 0 aliphatic carbocycles. The van der Waals surface area contributed by atoms with Gasteiger partial charge in [-0.15, -0.1) is 5.10 Å². The lowest BCUT2D eigenvalue weighted by molar-refractivity contribution is 0.581. The van der Waals surface area contributed by atoms with Gasteiger partial charge in [0.1, 0.15) is 5.76 Å². The number of rotatable bonds is 2. The minimum Gasteiger partial charge on any atom is -0.464 e. The highest BCUT2D eigenvalue weighted by Gasteiger charge is 2.22. The molecule has 0 unspecified atom stereocenters. The van der Waals surface area contributed by atoms with Crippen LogP contribution in [-0.4, -0.2) is 26.1 Å². The zero-order valence-electron chi connectivity index (χ0n) is 15.7. The number of aromatic nitrogens is 4. The van der Waals surface area contributed by atoms with Crippen LogP contribution in [0.25, 0.3) is 17.0 Å². The Morgan fingerprint density at radius 3 is 2.89 bits per heavy atom. The van der Waals surface area contributed by atoms with Crippen molar-refractivity contribution in [3.8, 4) is 11.3 Å². The molecule has 0 aromatic carbocycles. The summed E-state index contributed by atoms with van der Waals surface area (Å²) in [6, 6.07) is 9.35. The molecule has 140 valence electrons. The van der Waals surface area contributed by atoms with Gasteiger partial charge in [-0.05, 0) is 49.2 Å². The fourth-order valence-electron chi connectivity index (χ4n) is 3.74. The van der Waals surface area contributed by atoms with E-state index in [0.29, 0.717) is 17.9 Å². The monoisotopic (exact) mass is 373 g/mol. The number of hydrogen-bond acceptors (Lipinski definition) is 6. The first kappa shape index (κ1) is 16.7. The van der Waals surface area contributed by atoms with Crippen LogP contribution in [0.1, 0.15) is 22.5 Å². The van der Waals surface area contributed by atoms with E-state index in [9.17, 15) is 4.79 Å². The molecule has 0 atom stereocenters. The van der Waals surface area contributed by atoms with E-state index in [1.54, 1.807) is 6.26 Å². The molecule has 4 aromatic heterocycles. The van der Waals surface area contributed by atoms with E-state index in [-0.39, 0.29) is 5.56 Å². The van der Waals surface area contributed by atoms with Crippen molar-refractivity contribution in [2.24, 2.45) is 0 Å². The van der Waals surface area contributed by atoms with Crippen LogP contribution in [0.2, 0.25) is 0 Å². The van der Waals surface area contributed by atoms with Crippen LogP contribution in [0.15, 0.2) is 52.0 Å². The van der Waals surface area contributed by atoms with Gasteiger partial charge in [-0.1, -0.05) is 0 Å². The molecule has 4 aromatic rings. The molecule has 1 aliphatic rings. The first-order valence-electron chi connectivity index (χ1n) is 9.23. The zero-order valence-corrected chi connectivity index (χ0v) is 15.7. The van der Waals surface area contributed by atoms with Gasteiger partial charge in [0.2, 0.25) is 0 Å². The smallest absolute Gasteiger partial charge is 0.274 e. The van der Waals surface area contributed by atoms with Gasteiger partial charge >= 0.3 is 0 Å². The molecule has 0 saturated heterocycles. The van der Waals surface area contributed by atoms with E-state index in [0.717, 1.165) is 46.9 Å². The third-order valence-electron chi connectivity index (χ3n) is 5.09. The highest BCUT2D eigenvalue weighted by Crippen LogP contribution is 2.28. The number of pyridine rings is 1. The average molecular weight is 373 g/mol. The summed E-state index contributed by atoms with van der Waals surface area (Å²) in [5.41, 5.74) is 5.31. The van der Waals surface area contributed by atoms with Gasteiger partial charge in [-0.3, -0.25) is 9.78 Å². The van der Waals surface area contributed by atoms with Crippen molar-refractivity contribution >= 4 is 11.5 Å². The van der Waals surface area contributed by atoms with Crippen LogP contribution < -0.4 is 10.5 Å². The van der Waals surface area contributed by atoms with E-state index >= 15 is 0 Å². The lowest BCUT2D eigenvalue weighted by atomic mass is 10.0. The Kier molecular flexibility index (Phi) is 3.75. The summed E-state index contributed by atoms with van der Waals surface area (Å²) < 4.78 is 6.88. The van der Waals surface area contributed by atoms with Gasteiger partial charge in [-0.2, -0.15) is 4.52 Å². The molecule has 5 heterocycles. The van der Waals surface area contributed by atoms with Gasteiger partial charge < -0.3 is 9.32 Å². The SMILES string of the molecule is Cc1cc(=O)n2nc(N3CCc4ncc(-c5ccco5)cc4C3)c(C)cc2n1. The number of aryl methyl sites for hydroxylation is 2. The molecular weight excluding hydrogens is 354 g/mol. The maximum absolute atomic E-state index is 12.3. The lowest BCUT2D eigenvalue weighted by Gasteiger charge is -2.30. The first-order chi connectivity index (χ1) is 13.6. The summed E-state index contributed by atoms with van der Waals surface area (Å²) in [7, 11) is 0. The molecule has 7 nitrogen and oxygen atoms in total. The van der Waals surface area contributed by atoms with Crippen molar-refractivity contribution in [2.75, 3.05) is 11.4 Å². The van der Waals surface area contributed by atoms with Crippen LogP contribution >= 0.6 is 0 Å². The second-order valence-electron chi connectivity index (χ2n) is 7.14. The largest absolute Gasteiger partial charge is 0.464 e. The van der Waals surface area contributed by atoms with E-state index in [4.69, 9.17) is 4.42 Å². The minimum atomic E-state index is -0.164. The fourth-order valence-corrected chi connectivity index (χ4v) is 3.74. The van der Waals surface area contributed by atoms with Gasteiger partial charge in [0.25, 0.3) is 5.56 Å². The summed E-state index contributed by atoms with van der Waals surface area (Å²) in [4.78, 5) is 23.6. The molecule has 7 heteroatoms. The maximum atomic E-state index is 12.3. The molecule has 0 amide bonds. The van der Waals surface area contributed by atoms with E-state index in [2.05, 4.69) is 26.0 Å². The second-order valence-corrected chi connectivity index (χ2v) is 7.14. The van der Waals surface area contributed by atoms with Crippen molar-refractivity contribution in [3.05, 3.63) is 75.7 Å². The molecule has 0 saturated carbocycles. The number of anilines is 1. The van der Waals surface area contributed by atoms with Crippen molar-refractivity contribution in [2.45, 2.75) is 26.8 Å². The Morgan fingerprint density at radius 1 is 1.18 bits per heavy atom. The number of nitrogens with zero attached hydrogens (tertiary/aromatic N) is 5. The Bertz CT molecular complexity index is 1240. The molecule has 0 N–H and O–H groups in total. The second kappa shape index (κ2) is 6.30. The quantitative estimate of drug-likeness (QED) is 0.538. The molecule has 0 spiro atoms. The Morgan fingerprint density at radius 2 is 2.07 bits per heavy atom. The maximum Gasteiger partial charge on any atom is 0.274 e. The van der Waals surface area contributed by atoms with E-state index in [1.807, 2.05) is 38.2 Å². The Balaban J connectivity index is 1.54.